The molecule has 296 valence electrons. The Hall–Kier alpha value is -5.22. The molecule has 4 unspecified atom stereocenters. The minimum atomic E-state index is -0.714. The Bertz CT molecular complexity index is 2170. The lowest BCUT2D eigenvalue weighted by molar-refractivity contribution is 0.0207. The van der Waals surface area contributed by atoms with Crippen molar-refractivity contribution in [2.24, 2.45) is 0 Å². The molecule has 16 heteroatoms. The van der Waals surface area contributed by atoms with Crippen LogP contribution in [-0.2, 0) is 0 Å². The molecule has 0 spiro atoms. The molecule has 0 bridgehead atoms. The highest BCUT2D eigenvalue weighted by Gasteiger charge is 2.43. The summed E-state index contributed by atoms with van der Waals surface area (Å²) in [6, 6.07) is 3.87. The summed E-state index contributed by atoms with van der Waals surface area (Å²) in [5, 5.41) is 39.4. The zero-order valence-corrected chi connectivity index (χ0v) is 32.5. The first-order valence-corrected chi connectivity index (χ1v) is 20.2. The fourth-order valence-corrected chi connectivity index (χ4v) is 8.67. The molecule has 0 saturated heterocycles. The Morgan fingerprint density at radius 2 is 1.11 bits per heavy atom. The van der Waals surface area contributed by atoms with Gasteiger partial charge in [0.15, 0.2) is 0 Å². The Labute approximate surface area is 324 Å². The minimum absolute atomic E-state index is 0.0180. The van der Waals surface area contributed by atoms with Crippen molar-refractivity contribution in [3.63, 3.8) is 0 Å². The van der Waals surface area contributed by atoms with Crippen LogP contribution in [0.15, 0.2) is 36.9 Å². The van der Waals surface area contributed by atoms with Crippen molar-refractivity contribution in [3.8, 4) is 11.8 Å². The molecule has 16 nitrogen and oxygen atoms in total. The highest BCUT2D eigenvalue weighted by atomic mass is 16.5. The van der Waals surface area contributed by atoms with Gasteiger partial charge in [0.2, 0.25) is 23.7 Å². The summed E-state index contributed by atoms with van der Waals surface area (Å²) in [5.41, 5.74) is 4.18. The smallest absolute Gasteiger partial charge is 0.232 e. The molecule has 6 heterocycles. The summed E-state index contributed by atoms with van der Waals surface area (Å²) < 4.78 is 15.5. The maximum absolute atomic E-state index is 10.8. The molecule has 0 aromatic carbocycles. The van der Waals surface area contributed by atoms with E-state index in [4.69, 9.17) is 9.47 Å². The predicted octanol–water partition coefficient (Wildman–Crippen LogP) is 7.30. The lowest BCUT2D eigenvalue weighted by atomic mass is 10.0. The molecule has 6 aromatic rings. The molecule has 0 radical (unpaired) electrons. The Balaban J connectivity index is 0.000000146. The summed E-state index contributed by atoms with van der Waals surface area (Å²) >= 11 is 0. The number of nitrogens with zero attached hydrogens (tertiary/aromatic N) is 8. The first-order chi connectivity index (χ1) is 27.1. The third kappa shape index (κ3) is 6.93. The van der Waals surface area contributed by atoms with Gasteiger partial charge in [-0.25, -0.2) is 0 Å². The van der Waals surface area contributed by atoms with E-state index in [1.165, 1.54) is 0 Å². The van der Waals surface area contributed by atoms with Gasteiger partial charge in [0, 0.05) is 24.2 Å². The molecule has 6 aromatic heterocycles. The maximum Gasteiger partial charge on any atom is 0.232 e. The standard InChI is InChI=1S/2C20H26N6O2/c2*1-3-28-18-13-8-10-21-17(13)24-19(25-18)23-14-11-22-26(16(14)12-6-7-12)15-5-4-9-20(15,2)27/h2*8,10-12,15,27H,3-7,9H2,1-2H3,(H2,21,23,24,25). The number of hydrogen-bond donors (Lipinski definition) is 6. The van der Waals surface area contributed by atoms with E-state index in [-0.39, 0.29) is 12.1 Å². The Morgan fingerprint density at radius 1 is 0.679 bits per heavy atom. The van der Waals surface area contributed by atoms with Crippen LogP contribution in [0.2, 0.25) is 0 Å². The fourth-order valence-electron chi connectivity index (χ4n) is 8.67. The van der Waals surface area contributed by atoms with Gasteiger partial charge >= 0.3 is 0 Å². The average Bonchev–Trinajstić information content (AvgIpc) is 3.75. The lowest BCUT2D eigenvalue weighted by Gasteiger charge is -2.27. The van der Waals surface area contributed by atoms with E-state index < -0.39 is 11.2 Å². The van der Waals surface area contributed by atoms with Crippen LogP contribution in [-0.4, -0.2) is 84.1 Å². The van der Waals surface area contributed by atoms with E-state index >= 15 is 0 Å². The van der Waals surface area contributed by atoms with E-state index in [1.807, 2.05) is 74.0 Å². The van der Waals surface area contributed by atoms with Crippen LogP contribution in [0.5, 0.6) is 11.8 Å². The van der Waals surface area contributed by atoms with E-state index in [0.29, 0.717) is 48.7 Å². The molecular formula is C40H52N12O4. The Kier molecular flexibility index (Phi) is 9.35. The van der Waals surface area contributed by atoms with Crippen LogP contribution >= 0.6 is 0 Å². The van der Waals surface area contributed by atoms with Crippen LogP contribution in [0.4, 0.5) is 23.3 Å². The number of rotatable bonds is 12. The van der Waals surface area contributed by atoms with Crippen molar-refractivity contribution in [3.05, 3.63) is 48.3 Å². The maximum atomic E-state index is 10.8. The zero-order chi connectivity index (χ0) is 38.6. The van der Waals surface area contributed by atoms with Gasteiger partial charge in [-0.2, -0.15) is 30.1 Å². The third-order valence-electron chi connectivity index (χ3n) is 11.8. The van der Waals surface area contributed by atoms with Gasteiger partial charge in [0.05, 0.1) is 82.4 Å². The van der Waals surface area contributed by atoms with Crippen molar-refractivity contribution in [1.82, 2.24) is 49.5 Å². The average molecular weight is 765 g/mol. The molecule has 4 atom stereocenters. The summed E-state index contributed by atoms with van der Waals surface area (Å²) in [5.74, 6) is 3.05. The van der Waals surface area contributed by atoms with Crippen molar-refractivity contribution in [1.29, 1.82) is 0 Å². The number of anilines is 4. The van der Waals surface area contributed by atoms with Crippen molar-refractivity contribution in [2.45, 2.75) is 127 Å². The predicted molar refractivity (Wildman–Crippen MR) is 212 cm³/mol. The number of fused-ring (bicyclic) bond motifs is 2. The summed E-state index contributed by atoms with van der Waals surface area (Å²) in [6.45, 7) is 8.81. The molecule has 4 aliphatic rings. The van der Waals surface area contributed by atoms with Gasteiger partial charge in [-0.1, -0.05) is 0 Å². The second kappa shape index (κ2) is 14.4. The Morgan fingerprint density at radius 3 is 1.46 bits per heavy atom. The molecule has 0 amide bonds. The largest absolute Gasteiger partial charge is 0.477 e. The van der Waals surface area contributed by atoms with E-state index in [2.05, 4.69) is 50.7 Å². The van der Waals surface area contributed by atoms with Crippen molar-refractivity contribution >= 4 is 45.3 Å². The molecule has 56 heavy (non-hydrogen) atoms. The monoisotopic (exact) mass is 764 g/mol. The number of aliphatic hydroxyl groups is 2. The normalized spacial score (nSPS) is 24.8. The quantitative estimate of drug-likeness (QED) is 0.0727. The SMILES string of the molecule is CCOc1nc(Nc2cnn(C3CCCC3(C)O)c2C2CC2)nc2[nH]ccc12.CCOc1nc(Nc2cnn(C3CCCC3(C)O)c2C2CC2)nc2[nH]ccc12. The zero-order valence-electron chi connectivity index (χ0n) is 32.5. The number of hydrogen-bond acceptors (Lipinski definition) is 12. The first-order valence-electron chi connectivity index (χ1n) is 20.2. The van der Waals surface area contributed by atoms with E-state index in [9.17, 15) is 10.2 Å². The topological polar surface area (TPSA) is 202 Å². The fraction of sp³-hybridized carbons (Fsp3) is 0.550. The van der Waals surface area contributed by atoms with Gasteiger partial charge in [-0.05, 0) is 104 Å². The van der Waals surface area contributed by atoms with Gasteiger partial charge in [0.1, 0.15) is 11.3 Å². The molecule has 4 saturated carbocycles. The number of aromatic nitrogens is 10. The number of nitrogens with one attached hydrogen (secondary N) is 4. The van der Waals surface area contributed by atoms with Crippen molar-refractivity contribution in [2.75, 3.05) is 23.8 Å². The van der Waals surface area contributed by atoms with Gasteiger partial charge in [-0.3, -0.25) is 9.36 Å². The van der Waals surface area contributed by atoms with Crippen molar-refractivity contribution < 1.29 is 19.7 Å². The molecule has 6 N–H and O–H groups in total. The lowest BCUT2D eigenvalue weighted by Crippen LogP contribution is -2.32. The van der Waals surface area contributed by atoms with Gasteiger partial charge in [0.25, 0.3) is 0 Å². The number of H-pyrrole nitrogens is 2. The molecule has 0 aliphatic heterocycles. The molecule has 4 aliphatic carbocycles. The molecule has 4 fully saturated rings. The van der Waals surface area contributed by atoms with Crippen LogP contribution in [0, 0.1) is 0 Å². The minimum Gasteiger partial charge on any atom is -0.477 e. The highest BCUT2D eigenvalue weighted by molar-refractivity contribution is 5.83. The second-order valence-electron chi connectivity index (χ2n) is 16.2. The van der Waals surface area contributed by atoms with E-state index in [0.717, 1.165) is 109 Å². The summed E-state index contributed by atoms with van der Waals surface area (Å²) in [4.78, 5) is 24.6. The second-order valence-corrected chi connectivity index (χ2v) is 16.2. The van der Waals surface area contributed by atoms with Gasteiger partial charge in [-0.15, -0.1) is 0 Å². The highest BCUT2D eigenvalue weighted by Crippen LogP contribution is 2.50. The summed E-state index contributed by atoms with van der Waals surface area (Å²) in [6.07, 6.45) is 17.5. The number of aromatic amines is 2. The third-order valence-corrected chi connectivity index (χ3v) is 11.8. The number of ether oxygens (including phenoxy) is 2. The van der Waals surface area contributed by atoms with Crippen LogP contribution in [0.25, 0.3) is 22.1 Å². The first kappa shape index (κ1) is 36.4. The summed E-state index contributed by atoms with van der Waals surface area (Å²) in [7, 11) is 0. The van der Waals surface area contributed by atoms with Crippen LogP contribution in [0.3, 0.4) is 0 Å². The van der Waals surface area contributed by atoms with Crippen LogP contribution in [0.1, 0.15) is 127 Å². The van der Waals surface area contributed by atoms with Crippen LogP contribution < -0.4 is 20.1 Å². The van der Waals surface area contributed by atoms with E-state index in [1.54, 1.807) is 0 Å². The molecule has 10 rings (SSSR count). The van der Waals surface area contributed by atoms with Gasteiger partial charge < -0.3 is 40.3 Å². The molecular weight excluding hydrogens is 713 g/mol.